The zero-order chi connectivity index (χ0) is 28.3. The van der Waals surface area contributed by atoms with Crippen LogP contribution in [0, 0.1) is 26.7 Å². The standard InChI is InChI=1S/C32H39N3O4S/c1-18-15-19(2)33-30(36)25(18)16-35-13-11-24-26(31(35)37)20(3)28-29(27(24)21-12-14-40-17-21)39-32(4,38-28)22-7-9-23(10-8-22)34(5)6/h12,14-15,17,22-23H,7-11,13,16H2,1-6H3,(H,33,36)/t22-,23-,32?. The fourth-order valence-electron chi connectivity index (χ4n) is 6.99. The Morgan fingerprint density at radius 2 is 1.80 bits per heavy atom. The zero-order valence-electron chi connectivity index (χ0n) is 24.3. The number of thiophene rings is 1. The first kappa shape index (κ1) is 27.1. The van der Waals surface area contributed by atoms with Crippen molar-refractivity contribution in [2.75, 3.05) is 20.6 Å². The highest BCUT2D eigenvalue weighted by atomic mass is 32.1. The van der Waals surface area contributed by atoms with E-state index in [1.807, 2.05) is 31.7 Å². The minimum absolute atomic E-state index is 0.0545. The van der Waals surface area contributed by atoms with Crippen LogP contribution in [0.1, 0.15) is 70.9 Å². The fraction of sp³-hybridized carbons (Fsp3) is 0.500. The predicted octanol–water partition coefficient (Wildman–Crippen LogP) is 5.83. The highest BCUT2D eigenvalue weighted by Crippen LogP contribution is 2.55. The first-order valence-electron chi connectivity index (χ1n) is 14.3. The molecule has 2 aromatic heterocycles. The summed E-state index contributed by atoms with van der Waals surface area (Å²) in [6.45, 7) is 8.70. The van der Waals surface area contributed by atoms with Crippen LogP contribution in [0.3, 0.4) is 0 Å². The third kappa shape index (κ3) is 4.45. The molecular formula is C32H39N3O4S. The molecule has 40 heavy (non-hydrogen) atoms. The molecule has 0 saturated heterocycles. The maximum atomic E-state index is 14.1. The summed E-state index contributed by atoms with van der Waals surface area (Å²) in [6.07, 6.45) is 5.01. The van der Waals surface area contributed by atoms with E-state index in [9.17, 15) is 9.59 Å². The van der Waals surface area contributed by atoms with Crippen LogP contribution in [0.4, 0.5) is 0 Å². The van der Waals surface area contributed by atoms with Gasteiger partial charge in [0.1, 0.15) is 0 Å². The van der Waals surface area contributed by atoms with Gasteiger partial charge in [-0.15, -0.1) is 0 Å². The number of carbonyl (C=O) groups excluding carboxylic acids is 1. The Labute approximate surface area is 240 Å². The Hall–Kier alpha value is -3.10. The normalized spacial score (nSPS) is 24.1. The summed E-state index contributed by atoms with van der Waals surface area (Å²) in [7, 11) is 4.31. The molecule has 1 unspecified atom stereocenters. The molecule has 3 aliphatic rings. The van der Waals surface area contributed by atoms with Crippen LogP contribution in [0.15, 0.2) is 27.7 Å². The van der Waals surface area contributed by atoms with Crippen molar-refractivity contribution < 1.29 is 14.3 Å². The molecular weight excluding hydrogens is 522 g/mol. The maximum Gasteiger partial charge on any atom is 0.254 e. The second-order valence-corrected chi connectivity index (χ2v) is 12.9. The summed E-state index contributed by atoms with van der Waals surface area (Å²) in [5.74, 6) is 0.914. The number of rotatable bonds is 5. The molecule has 2 aliphatic heterocycles. The second kappa shape index (κ2) is 10.1. The Bertz CT molecular complexity index is 1520. The molecule has 6 rings (SSSR count). The summed E-state index contributed by atoms with van der Waals surface area (Å²) < 4.78 is 13.6. The minimum Gasteiger partial charge on any atom is -0.448 e. The topological polar surface area (TPSA) is 74.9 Å². The van der Waals surface area contributed by atoms with Crippen LogP contribution in [0.25, 0.3) is 11.1 Å². The molecule has 1 amide bonds. The van der Waals surface area contributed by atoms with Gasteiger partial charge in [0.15, 0.2) is 11.5 Å². The van der Waals surface area contributed by atoms with E-state index >= 15 is 0 Å². The van der Waals surface area contributed by atoms with Gasteiger partial charge in [-0.25, -0.2) is 0 Å². The van der Waals surface area contributed by atoms with Crippen molar-refractivity contribution in [3.8, 4) is 22.6 Å². The molecule has 212 valence electrons. The van der Waals surface area contributed by atoms with Crippen molar-refractivity contribution in [1.29, 1.82) is 0 Å². The van der Waals surface area contributed by atoms with Gasteiger partial charge in [0, 0.05) is 47.8 Å². The molecule has 1 fully saturated rings. The van der Waals surface area contributed by atoms with Crippen molar-refractivity contribution in [2.24, 2.45) is 5.92 Å². The van der Waals surface area contributed by atoms with Gasteiger partial charge in [-0.3, -0.25) is 9.59 Å². The van der Waals surface area contributed by atoms with Gasteiger partial charge in [-0.2, -0.15) is 11.3 Å². The van der Waals surface area contributed by atoms with Crippen molar-refractivity contribution in [3.05, 3.63) is 66.8 Å². The van der Waals surface area contributed by atoms with E-state index in [-0.39, 0.29) is 23.9 Å². The van der Waals surface area contributed by atoms with E-state index in [4.69, 9.17) is 9.47 Å². The van der Waals surface area contributed by atoms with E-state index in [0.29, 0.717) is 35.9 Å². The van der Waals surface area contributed by atoms with Crippen molar-refractivity contribution >= 4 is 17.2 Å². The van der Waals surface area contributed by atoms with Crippen LogP contribution in [0.5, 0.6) is 11.5 Å². The number of benzene rings is 1. The number of ether oxygens (including phenoxy) is 2. The third-order valence-electron chi connectivity index (χ3n) is 9.32. The van der Waals surface area contributed by atoms with Gasteiger partial charge in [-0.1, -0.05) is 0 Å². The predicted molar refractivity (Wildman–Crippen MR) is 159 cm³/mol. The number of amides is 1. The SMILES string of the molecule is Cc1cc(C)c(CN2CCc3c(c(C)c4c(c3-c3ccsc3)OC(C)([C@H]3CC[C@H](N(C)C)CC3)O4)C2=O)c(=O)[nH]1. The van der Waals surface area contributed by atoms with Gasteiger partial charge < -0.3 is 24.3 Å². The van der Waals surface area contributed by atoms with Crippen molar-refractivity contribution in [2.45, 2.75) is 78.2 Å². The number of hydrogen-bond acceptors (Lipinski definition) is 6. The smallest absolute Gasteiger partial charge is 0.254 e. The monoisotopic (exact) mass is 561 g/mol. The molecule has 7 nitrogen and oxygen atoms in total. The first-order chi connectivity index (χ1) is 19.1. The third-order valence-corrected chi connectivity index (χ3v) is 10.00. The Kier molecular flexibility index (Phi) is 6.82. The van der Waals surface area contributed by atoms with E-state index < -0.39 is 5.79 Å². The van der Waals surface area contributed by atoms with Gasteiger partial charge in [0.2, 0.25) is 0 Å². The lowest BCUT2D eigenvalue weighted by Crippen LogP contribution is -2.46. The van der Waals surface area contributed by atoms with Crippen molar-refractivity contribution in [3.63, 3.8) is 0 Å². The lowest BCUT2D eigenvalue weighted by atomic mass is 9.81. The van der Waals surface area contributed by atoms with Gasteiger partial charge in [-0.05, 0) is 107 Å². The molecule has 1 atom stereocenters. The average molecular weight is 562 g/mol. The summed E-state index contributed by atoms with van der Waals surface area (Å²) >= 11 is 1.64. The highest BCUT2D eigenvalue weighted by molar-refractivity contribution is 7.08. The number of fused-ring (bicyclic) bond motifs is 2. The number of aromatic amines is 1. The van der Waals surface area contributed by atoms with E-state index in [1.165, 1.54) is 0 Å². The summed E-state index contributed by atoms with van der Waals surface area (Å²) in [5, 5.41) is 4.19. The molecule has 1 aliphatic carbocycles. The largest absolute Gasteiger partial charge is 0.448 e. The molecule has 1 saturated carbocycles. The Morgan fingerprint density at radius 1 is 1.07 bits per heavy atom. The summed E-state index contributed by atoms with van der Waals surface area (Å²) in [4.78, 5) is 33.9. The number of nitrogens with zero attached hydrogens (tertiary/aromatic N) is 2. The Morgan fingerprint density at radius 3 is 2.45 bits per heavy atom. The zero-order valence-corrected chi connectivity index (χ0v) is 25.2. The molecule has 3 aromatic rings. The van der Waals surface area contributed by atoms with Crippen LogP contribution in [-0.4, -0.2) is 53.2 Å². The quantitative estimate of drug-likeness (QED) is 0.424. The highest BCUT2D eigenvalue weighted by Gasteiger charge is 2.49. The van der Waals surface area contributed by atoms with Crippen LogP contribution >= 0.6 is 11.3 Å². The Balaban J connectivity index is 1.38. The lowest BCUT2D eigenvalue weighted by molar-refractivity contribution is -0.123. The number of hydrogen-bond donors (Lipinski definition) is 1. The lowest BCUT2D eigenvalue weighted by Gasteiger charge is -2.39. The van der Waals surface area contributed by atoms with E-state index in [1.54, 1.807) is 11.3 Å². The number of aryl methyl sites for hydroxylation is 2. The molecule has 4 heterocycles. The van der Waals surface area contributed by atoms with E-state index in [0.717, 1.165) is 64.9 Å². The molecule has 1 aromatic carbocycles. The molecule has 8 heteroatoms. The van der Waals surface area contributed by atoms with E-state index in [2.05, 4.69) is 47.7 Å². The van der Waals surface area contributed by atoms with Crippen LogP contribution in [-0.2, 0) is 13.0 Å². The van der Waals surface area contributed by atoms with Crippen LogP contribution in [0.2, 0.25) is 0 Å². The maximum absolute atomic E-state index is 14.1. The van der Waals surface area contributed by atoms with Gasteiger partial charge >= 0.3 is 0 Å². The van der Waals surface area contributed by atoms with Crippen LogP contribution < -0.4 is 15.0 Å². The van der Waals surface area contributed by atoms with Gasteiger partial charge in [0.25, 0.3) is 17.3 Å². The molecule has 0 bridgehead atoms. The number of pyridine rings is 1. The molecule has 0 radical (unpaired) electrons. The molecule has 0 spiro atoms. The minimum atomic E-state index is -0.770. The van der Waals surface area contributed by atoms with Gasteiger partial charge in [0.05, 0.1) is 12.1 Å². The number of nitrogens with one attached hydrogen (secondary N) is 1. The number of carbonyl (C=O) groups is 1. The second-order valence-electron chi connectivity index (χ2n) is 12.1. The summed E-state index contributed by atoms with van der Waals surface area (Å²) in [6, 6.07) is 4.65. The summed E-state index contributed by atoms with van der Waals surface area (Å²) in [5.41, 5.74) is 6.83. The molecule has 1 N–H and O–H groups in total. The number of aromatic nitrogens is 1. The fourth-order valence-corrected chi connectivity index (χ4v) is 7.64. The average Bonchev–Trinajstić information content (AvgIpc) is 3.56. The number of H-pyrrole nitrogens is 1. The van der Waals surface area contributed by atoms with Crippen molar-refractivity contribution in [1.82, 2.24) is 14.8 Å². The first-order valence-corrected chi connectivity index (χ1v) is 15.3.